The number of nitrogens with zero attached hydrogens (tertiary/aromatic N) is 1. The van der Waals surface area contributed by atoms with Crippen molar-refractivity contribution in [2.24, 2.45) is 16.1 Å². The van der Waals surface area contributed by atoms with Gasteiger partial charge in [0.25, 0.3) is 0 Å². The average molecular weight is 168 g/mol. The smallest absolute Gasteiger partial charge is 0.0386 e. The van der Waals surface area contributed by atoms with E-state index in [4.69, 9.17) is 5.73 Å². The van der Waals surface area contributed by atoms with Gasteiger partial charge in [0.15, 0.2) is 0 Å². The van der Waals surface area contributed by atoms with E-state index in [-0.39, 0.29) is 5.41 Å². The van der Waals surface area contributed by atoms with Gasteiger partial charge in [0.05, 0.1) is 0 Å². The Kier molecular flexibility index (Phi) is 4.64. The van der Waals surface area contributed by atoms with Gasteiger partial charge in [-0.1, -0.05) is 27.7 Å². The highest BCUT2D eigenvalue weighted by atomic mass is 14.7. The van der Waals surface area contributed by atoms with Crippen molar-refractivity contribution in [3.63, 3.8) is 0 Å². The minimum Gasteiger partial charge on any atom is -0.402 e. The van der Waals surface area contributed by atoms with Crippen LogP contribution in [0.25, 0.3) is 0 Å². The first-order valence-corrected chi connectivity index (χ1v) is 4.44. The number of aliphatic imine (C=N–C) groups is 1. The molecule has 0 bridgehead atoms. The fourth-order valence-electron chi connectivity index (χ4n) is 0.587. The van der Waals surface area contributed by atoms with Crippen molar-refractivity contribution in [2.75, 3.05) is 6.54 Å². The predicted octanol–water partition coefficient (Wildman–Crippen LogP) is 2.36. The molecule has 2 nitrogen and oxygen atoms in total. The van der Waals surface area contributed by atoms with Crippen molar-refractivity contribution < 1.29 is 0 Å². The van der Waals surface area contributed by atoms with E-state index in [2.05, 4.69) is 32.7 Å². The van der Waals surface area contributed by atoms with Crippen LogP contribution in [-0.4, -0.2) is 12.8 Å². The van der Waals surface area contributed by atoms with Crippen LogP contribution in [0, 0.1) is 5.41 Å². The molecule has 0 aliphatic rings. The maximum atomic E-state index is 5.80. The molecular weight excluding hydrogens is 148 g/mol. The van der Waals surface area contributed by atoms with E-state index in [0.29, 0.717) is 0 Å². The summed E-state index contributed by atoms with van der Waals surface area (Å²) in [6.07, 6.45) is 4.76. The summed E-state index contributed by atoms with van der Waals surface area (Å²) in [5.41, 5.74) is 6.73. The second-order valence-corrected chi connectivity index (χ2v) is 3.93. The molecule has 0 unspecified atom stereocenters. The van der Waals surface area contributed by atoms with Crippen LogP contribution in [-0.2, 0) is 0 Å². The van der Waals surface area contributed by atoms with Crippen LogP contribution in [0.1, 0.15) is 34.1 Å². The van der Waals surface area contributed by atoms with Crippen molar-refractivity contribution in [1.82, 2.24) is 0 Å². The van der Waals surface area contributed by atoms with Crippen molar-refractivity contribution in [2.45, 2.75) is 34.1 Å². The normalized spacial score (nSPS) is 14.2. The van der Waals surface area contributed by atoms with Crippen LogP contribution >= 0.6 is 0 Å². The molecule has 0 amide bonds. The molecule has 0 heterocycles. The van der Waals surface area contributed by atoms with Crippen LogP contribution < -0.4 is 5.73 Å². The lowest BCUT2D eigenvalue weighted by Gasteiger charge is -2.17. The SMILES string of the molecule is CCCN=C/C=C(\N)C(C)(C)C. The molecule has 0 spiro atoms. The van der Waals surface area contributed by atoms with Crippen molar-refractivity contribution >= 4 is 6.21 Å². The van der Waals surface area contributed by atoms with E-state index in [9.17, 15) is 0 Å². The molecule has 0 radical (unpaired) electrons. The van der Waals surface area contributed by atoms with Gasteiger partial charge in [0, 0.05) is 23.9 Å². The highest BCUT2D eigenvalue weighted by Gasteiger charge is 2.11. The first-order chi connectivity index (χ1) is 5.48. The summed E-state index contributed by atoms with van der Waals surface area (Å²) in [7, 11) is 0. The molecular formula is C10H20N2. The van der Waals surface area contributed by atoms with Crippen molar-refractivity contribution in [3.05, 3.63) is 11.8 Å². The summed E-state index contributed by atoms with van der Waals surface area (Å²) in [5.74, 6) is 0. The van der Waals surface area contributed by atoms with Crippen LogP contribution in [0.5, 0.6) is 0 Å². The molecule has 0 saturated heterocycles. The highest BCUT2D eigenvalue weighted by molar-refractivity contribution is 5.72. The quantitative estimate of drug-likeness (QED) is 0.645. The van der Waals surface area contributed by atoms with Crippen LogP contribution in [0.3, 0.4) is 0 Å². The summed E-state index contributed by atoms with van der Waals surface area (Å²) in [6.45, 7) is 9.26. The standard InChI is InChI=1S/C10H20N2/c1-5-7-12-8-6-9(11)10(2,3)4/h6,8H,5,7,11H2,1-4H3/b9-6-,12-8?. The largest absolute Gasteiger partial charge is 0.402 e. The van der Waals surface area contributed by atoms with Gasteiger partial charge in [0.2, 0.25) is 0 Å². The molecule has 0 atom stereocenters. The molecule has 0 aliphatic carbocycles. The van der Waals surface area contributed by atoms with Crippen LogP contribution in [0.4, 0.5) is 0 Å². The number of nitrogens with two attached hydrogens (primary N) is 1. The zero-order chi connectivity index (χ0) is 9.61. The van der Waals surface area contributed by atoms with Gasteiger partial charge in [-0.25, -0.2) is 0 Å². The molecule has 2 N–H and O–H groups in total. The Hall–Kier alpha value is -0.790. The highest BCUT2D eigenvalue weighted by Crippen LogP contribution is 2.19. The van der Waals surface area contributed by atoms with Crippen LogP contribution in [0.15, 0.2) is 16.8 Å². The fraction of sp³-hybridized carbons (Fsp3) is 0.700. The average Bonchev–Trinajstić information content (AvgIpc) is 1.96. The van der Waals surface area contributed by atoms with Gasteiger partial charge in [-0.2, -0.15) is 0 Å². The monoisotopic (exact) mass is 168 g/mol. The zero-order valence-corrected chi connectivity index (χ0v) is 8.59. The van der Waals surface area contributed by atoms with E-state index >= 15 is 0 Å². The van der Waals surface area contributed by atoms with E-state index in [1.807, 2.05) is 6.08 Å². The van der Waals surface area contributed by atoms with Gasteiger partial charge >= 0.3 is 0 Å². The minimum absolute atomic E-state index is 0.0538. The number of allylic oxidation sites excluding steroid dienone is 2. The predicted molar refractivity (Wildman–Crippen MR) is 55.4 cm³/mol. The summed E-state index contributed by atoms with van der Waals surface area (Å²) < 4.78 is 0. The summed E-state index contributed by atoms with van der Waals surface area (Å²) in [6, 6.07) is 0. The minimum atomic E-state index is 0.0538. The molecule has 0 aromatic rings. The third kappa shape index (κ3) is 4.94. The lowest BCUT2D eigenvalue weighted by atomic mass is 9.92. The molecule has 0 fully saturated rings. The zero-order valence-electron chi connectivity index (χ0n) is 8.59. The van der Waals surface area contributed by atoms with Gasteiger partial charge < -0.3 is 5.73 Å². The van der Waals surface area contributed by atoms with Gasteiger partial charge in [0.1, 0.15) is 0 Å². The molecule has 0 saturated carbocycles. The van der Waals surface area contributed by atoms with E-state index in [1.54, 1.807) is 6.21 Å². The maximum Gasteiger partial charge on any atom is 0.0386 e. The maximum absolute atomic E-state index is 5.80. The Morgan fingerprint density at radius 1 is 1.42 bits per heavy atom. The Balaban J connectivity index is 4.01. The first kappa shape index (κ1) is 11.2. The number of rotatable bonds is 3. The molecule has 70 valence electrons. The van der Waals surface area contributed by atoms with Gasteiger partial charge in [-0.05, 0) is 12.5 Å². The molecule has 2 heteroatoms. The first-order valence-electron chi connectivity index (χ1n) is 4.44. The molecule has 0 aliphatic heterocycles. The van der Waals surface area contributed by atoms with Crippen molar-refractivity contribution in [3.8, 4) is 0 Å². The van der Waals surface area contributed by atoms with Crippen LogP contribution in [0.2, 0.25) is 0 Å². The lowest BCUT2D eigenvalue weighted by Crippen LogP contribution is -2.16. The van der Waals surface area contributed by atoms with E-state index in [0.717, 1.165) is 18.7 Å². The molecule has 0 aromatic heterocycles. The Bertz CT molecular complexity index is 173. The van der Waals surface area contributed by atoms with E-state index < -0.39 is 0 Å². The number of hydrogen-bond acceptors (Lipinski definition) is 2. The fourth-order valence-corrected chi connectivity index (χ4v) is 0.587. The topological polar surface area (TPSA) is 38.4 Å². The summed E-state index contributed by atoms with van der Waals surface area (Å²) in [4.78, 5) is 4.16. The summed E-state index contributed by atoms with van der Waals surface area (Å²) >= 11 is 0. The summed E-state index contributed by atoms with van der Waals surface area (Å²) in [5, 5.41) is 0. The van der Waals surface area contributed by atoms with Crippen molar-refractivity contribution in [1.29, 1.82) is 0 Å². The third-order valence-corrected chi connectivity index (χ3v) is 1.58. The van der Waals surface area contributed by atoms with Gasteiger partial charge in [-0.15, -0.1) is 0 Å². The second kappa shape index (κ2) is 4.96. The Morgan fingerprint density at radius 3 is 2.42 bits per heavy atom. The molecule has 0 rings (SSSR count). The van der Waals surface area contributed by atoms with E-state index in [1.165, 1.54) is 0 Å². The number of hydrogen-bond donors (Lipinski definition) is 1. The Labute approximate surface area is 75.6 Å². The third-order valence-electron chi connectivity index (χ3n) is 1.58. The second-order valence-electron chi connectivity index (χ2n) is 3.93. The Morgan fingerprint density at radius 2 is 2.00 bits per heavy atom. The lowest BCUT2D eigenvalue weighted by molar-refractivity contribution is 0.498. The van der Waals surface area contributed by atoms with Gasteiger partial charge in [-0.3, -0.25) is 4.99 Å². The molecule has 12 heavy (non-hydrogen) atoms. The molecule has 0 aromatic carbocycles.